The molecule has 0 saturated heterocycles. The van der Waals surface area contributed by atoms with Crippen molar-refractivity contribution in [2.45, 2.75) is 57.9 Å². The number of nitrogens with one attached hydrogen (secondary N) is 1. The SMILES string of the molecule is CC(C)(C)OC(=O)N[C@@H](CCc1nnc(-c2ccc3cnccc3c2)s1)Cc1ccc(C(F)(F)F)cc1. The van der Waals surface area contributed by atoms with Gasteiger partial charge in [-0.25, -0.2) is 4.79 Å². The van der Waals surface area contributed by atoms with Crippen LogP contribution in [0.3, 0.4) is 0 Å². The fraction of sp³-hybridized carbons (Fsp3) is 0.333. The van der Waals surface area contributed by atoms with Gasteiger partial charge in [0.1, 0.15) is 15.6 Å². The van der Waals surface area contributed by atoms with Crippen molar-refractivity contribution in [3.8, 4) is 10.6 Å². The van der Waals surface area contributed by atoms with E-state index in [2.05, 4.69) is 20.5 Å². The van der Waals surface area contributed by atoms with Gasteiger partial charge in [0.05, 0.1) is 5.56 Å². The maximum Gasteiger partial charge on any atom is 0.416 e. The fourth-order valence-corrected chi connectivity index (χ4v) is 4.65. The molecule has 0 spiro atoms. The van der Waals surface area contributed by atoms with Crippen LogP contribution in [0.5, 0.6) is 0 Å². The number of benzene rings is 2. The van der Waals surface area contributed by atoms with Crippen molar-refractivity contribution < 1.29 is 22.7 Å². The summed E-state index contributed by atoms with van der Waals surface area (Å²) in [6.07, 6.45) is -0.0286. The molecule has 194 valence electrons. The van der Waals surface area contributed by atoms with Gasteiger partial charge in [-0.05, 0) is 68.8 Å². The fourth-order valence-electron chi connectivity index (χ4n) is 3.80. The van der Waals surface area contributed by atoms with Gasteiger partial charge in [-0.1, -0.05) is 35.6 Å². The van der Waals surface area contributed by atoms with Gasteiger partial charge in [0.25, 0.3) is 0 Å². The van der Waals surface area contributed by atoms with E-state index < -0.39 is 23.4 Å². The normalized spacial score (nSPS) is 12.9. The number of hydrogen-bond acceptors (Lipinski definition) is 6. The molecule has 0 bridgehead atoms. The number of pyridine rings is 1. The Morgan fingerprint density at radius 2 is 1.78 bits per heavy atom. The maximum atomic E-state index is 12.9. The van der Waals surface area contributed by atoms with Crippen molar-refractivity contribution in [2.75, 3.05) is 0 Å². The second kappa shape index (κ2) is 10.8. The van der Waals surface area contributed by atoms with Gasteiger partial charge in [-0.3, -0.25) is 4.98 Å². The van der Waals surface area contributed by atoms with Crippen molar-refractivity contribution in [1.82, 2.24) is 20.5 Å². The van der Waals surface area contributed by atoms with Crippen LogP contribution in [-0.2, 0) is 23.8 Å². The summed E-state index contributed by atoms with van der Waals surface area (Å²) in [7, 11) is 0. The van der Waals surface area contributed by atoms with E-state index in [1.54, 1.807) is 33.2 Å². The Balaban J connectivity index is 1.46. The molecule has 0 radical (unpaired) electrons. The maximum absolute atomic E-state index is 12.9. The molecule has 0 saturated carbocycles. The minimum absolute atomic E-state index is 0.349. The van der Waals surface area contributed by atoms with Crippen molar-refractivity contribution in [3.63, 3.8) is 0 Å². The summed E-state index contributed by atoms with van der Waals surface area (Å²) in [4.78, 5) is 16.6. The molecule has 2 heterocycles. The number of alkyl carbamates (subject to hydrolysis) is 1. The number of ether oxygens (including phenoxy) is 1. The summed E-state index contributed by atoms with van der Waals surface area (Å²) in [5.41, 5.74) is 0.250. The highest BCUT2D eigenvalue weighted by atomic mass is 32.1. The highest BCUT2D eigenvalue weighted by Gasteiger charge is 2.30. The van der Waals surface area contributed by atoms with E-state index in [0.29, 0.717) is 24.8 Å². The summed E-state index contributed by atoms with van der Waals surface area (Å²) >= 11 is 1.47. The lowest BCUT2D eigenvalue weighted by molar-refractivity contribution is -0.137. The number of fused-ring (bicyclic) bond motifs is 1. The van der Waals surface area contributed by atoms with Crippen LogP contribution in [0.15, 0.2) is 60.9 Å². The number of aromatic nitrogens is 3. The van der Waals surface area contributed by atoms with Gasteiger partial charge in [-0.2, -0.15) is 13.2 Å². The van der Waals surface area contributed by atoms with Gasteiger partial charge < -0.3 is 10.1 Å². The molecular weight excluding hydrogens is 501 g/mol. The molecule has 2 aromatic carbocycles. The van der Waals surface area contributed by atoms with Crippen LogP contribution in [0.4, 0.5) is 18.0 Å². The van der Waals surface area contributed by atoms with E-state index >= 15 is 0 Å². The first-order chi connectivity index (χ1) is 17.5. The van der Waals surface area contributed by atoms with Gasteiger partial charge >= 0.3 is 12.3 Å². The molecule has 4 aromatic rings. The lowest BCUT2D eigenvalue weighted by atomic mass is 10.0. The Labute approximate surface area is 216 Å². The first-order valence-corrected chi connectivity index (χ1v) is 12.6. The predicted molar refractivity (Wildman–Crippen MR) is 137 cm³/mol. The Bertz CT molecular complexity index is 1360. The molecule has 0 aliphatic rings. The van der Waals surface area contributed by atoms with Gasteiger partial charge in [0.2, 0.25) is 0 Å². The molecule has 1 N–H and O–H groups in total. The average Bonchev–Trinajstić information content (AvgIpc) is 3.30. The Morgan fingerprint density at radius 3 is 2.49 bits per heavy atom. The molecule has 37 heavy (non-hydrogen) atoms. The number of hydrogen-bond donors (Lipinski definition) is 1. The molecule has 2 aromatic heterocycles. The summed E-state index contributed by atoms with van der Waals surface area (Å²) in [5, 5.41) is 15.2. The zero-order valence-electron chi connectivity index (χ0n) is 20.7. The first kappa shape index (κ1) is 26.5. The van der Waals surface area contributed by atoms with Crippen molar-refractivity contribution in [1.29, 1.82) is 0 Å². The van der Waals surface area contributed by atoms with Crippen LogP contribution < -0.4 is 5.32 Å². The highest BCUT2D eigenvalue weighted by Crippen LogP contribution is 2.30. The van der Waals surface area contributed by atoms with Crippen LogP contribution in [0.2, 0.25) is 0 Å². The average molecular weight is 529 g/mol. The van der Waals surface area contributed by atoms with E-state index in [4.69, 9.17) is 4.74 Å². The van der Waals surface area contributed by atoms with Crippen LogP contribution in [0.25, 0.3) is 21.3 Å². The number of carbonyl (C=O) groups excluding carboxylic acids is 1. The lowest BCUT2D eigenvalue weighted by Crippen LogP contribution is -2.40. The second-order valence-corrected chi connectivity index (χ2v) is 10.8. The summed E-state index contributed by atoms with van der Waals surface area (Å²) in [6, 6.07) is 12.6. The third-order valence-electron chi connectivity index (χ3n) is 5.55. The third kappa shape index (κ3) is 7.48. The predicted octanol–water partition coefficient (Wildman–Crippen LogP) is 6.84. The smallest absolute Gasteiger partial charge is 0.416 e. The lowest BCUT2D eigenvalue weighted by Gasteiger charge is -2.23. The molecule has 0 unspecified atom stereocenters. The second-order valence-electron chi connectivity index (χ2n) is 9.72. The van der Waals surface area contributed by atoms with E-state index in [-0.39, 0.29) is 6.04 Å². The zero-order valence-corrected chi connectivity index (χ0v) is 21.5. The largest absolute Gasteiger partial charge is 0.444 e. The molecule has 6 nitrogen and oxygen atoms in total. The monoisotopic (exact) mass is 528 g/mol. The summed E-state index contributed by atoms with van der Waals surface area (Å²) in [5.74, 6) is 0. The standard InChI is InChI=1S/C27H27F3N4O2S/c1-26(2,3)36-25(35)32-22(14-17-4-8-21(9-5-17)27(28,29)30)10-11-23-33-34-24(37-23)19-6-7-20-16-31-13-12-18(20)15-19/h4-9,12-13,15-16,22H,10-11,14H2,1-3H3,(H,32,35)/t22-/m0/s1. The first-order valence-electron chi connectivity index (χ1n) is 11.8. The van der Waals surface area contributed by atoms with Crippen LogP contribution >= 0.6 is 11.3 Å². The van der Waals surface area contributed by atoms with E-state index in [0.717, 1.165) is 38.5 Å². The van der Waals surface area contributed by atoms with Crippen molar-refractivity contribution >= 4 is 28.2 Å². The van der Waals surface area contributed by atoms with E-state index in [1.807, 2.05) is 24.3 Å². The molecule has 0 fully saturated rings. The number of alkyl halides is 3. The third-order valence-corrected chi connectivity index (χ3v) is 6.58. The van der Waals surface area contributed by atoms with Crippen LogP contribution in [0.1, 0.15) is 43.3 Å². The molecular formula is C27H27F3N4O2S. The zero-order chi connectivity index (χ0) is 26.6. The Kier molecular flexibility index (Phi) is 7.77. The quantitative estimate of drug-likeness (QED) is 0.284. The number of halogens is 3. The van der Waals surface area contributed by atoms with Crippen molar-refractivity contribution in [3.05, 3.63) is 77.1 Å². The number of nitrogens with zero attached hydrogens (tertiary/aromatic N) is 3. The molecule has 4 rings (SSSR count). The number of aryl methyl sites for hydroxylation is 1. The van der Waals surface area contributed by atoms with Gasteiger partial charge in [0, 0.05) is 35.8 Å². The minimum Gasteiger partial charge on any atom is -0.444 e. The van der Waals surface area contributed by atoms with Crippen molar-refractivity contribution in [2.24, 2.45) is 0 Å². The molecule has 10 heteroatoms. The molecule has 0 aliphatic carbocycles. The number of carbonyl (C=O) groups is 1. The minimum atomic E-state index is -4.40. The van der Waals surface area contributed by atoms with E-state index in [1.165, 1.54) is 23.5 Å². The summed E-state index contributed by atoms with van der Waals surface area (Å²) in [6.45, 7) is 5.30. The summed E-state index contributed by atoms with van der Waals surface area (Å²) < 4.78 is 44.2. The van der Waals surface area contributed by atoms with Gasteiger partial charge in [-0.15, -0.1) is 10.2 Å². The van der Waals surface area contributed by atoms with Gasteiger partial charge in [0.15, 0.2) is 0 Å². The number of rotatable bonds is 7. The number of amides is 1. The molecule has 0 aliphatic heterocycles. The molecule has 1 atom stereocenters. The topological polar surface area (TPSA) is 77.0 Å². The Morgan fingerprint density at radius 1 is 1.03 bits per heavy atom. The highest BCUT2D eigenvalue weighted by molar-refractivity contribution is 7.14. The Hall–Kier alpha value is -3.53. The van der Waals surface area contributed by atoms with E-state index in [9.17, 15) is 18.0 Å². The van der Waals surface area contributed by atoms with Crippen LogP contribution in [-0.4, -0.2) is 32.9 Å². The van der Waals surface area contributed by atoms with Crippen LogP contribution in [0, 0.1) is 0 Å². The molecule has 1 amide bonds.